The van der Waals surface area contributed by atoms with Crippen molar-refractivity contribution in [2.45, 2.75) is 6.18 Å². The van der Waals surface area contributed by atoms with Crippen molar-refractivity contribution in [3.63, 3.8) is 0 Å². The van der Waals surface area contributed by atoms with Crippen molar-refractivity contribution >= 4 is 11.6 Å². The van der Waals surface area contributed by atoms with Gasteiger partial charge < -0.3 is 9.72 Å². The van der Waals surface area contributed by atoms with Gasteiger partial charge in [0.15, 0.2) is 12.4 Å². The number of aromatic nitrogens is 2. The molecule has 1 aromatic carbocycles. The van der Waals surface area contributed by atoms with E-state index in [2.05, 4.69) is 5.92 Å². The number of benzene rings is 1. The summed E-state index contributed by atoms with van der Waals surface area (Å²) >= 11 is 0. The maximum absolute atomic E-state index is 14.4. The number of carbonyl (C=O) groups is 1. The number of halogens is 4. The number of alkyl halides is 3. The van der Waals surface area contributed by atoms with E-state index >= 15 is 0 Å². The minimum absolute atomic E-state index is 0.0215. The number of terminal acetylenes is 1. The third-order valence-corrected chi connectivity index (χ3v) is 3.70. The predicted molar refractivity (Wildman–Crippen MR) is 84.3 cm³/mol. The molecule has 1 aromatic heterocycles. The number of ether oxygens (including phenoxy) is 1. The Hall–Kier alpha value is -3.55. The Bertz CT molecular complexity index is 1060. The Kier molecular flexibility index (Phi) is 4.27. The van der Waals surface area contributed by atoms with Crippen molar-refractivity contribution in [1.29, 1.82) is 0 Å². The van der Waals surface area contributed by atoms with Gasteiger partial charge in [0.1, 0.15) is 11.4 Å². The molecule has 7 nitrogen and oxygen atoms in total. The SMILES string of the molecule is C#CCN1C(=O)COc2cc(F)c(-n3c(=O)cc(C(F)(F)F)[nH]c3=O)cc21. The number of amides is 1. The first-order valence-electron chi connectivity index (χ1n) is 7.27. The molecule has 1 aliphatic heterocycles. The minimum Gasteiger partial charge on any atom is -0.481 e. The zero-order valence-corrected chi connectivity index (χ0v) is 13.3. The molecular weight excluding hydrogens is 374 g/mol. The summed E-state index contributed by atoms with van der Waals surface area (Å²) < 4.78 is 57.8. The number of carbonyl (C=O) groups excluding carboxylic acids is 1. The maximum Gasteiger partial charge on any atom is 0.431 e. The van der Waals surface area contributed by atoms with Crippen LogP contribution in [0.25, 0.3) is 5.69 Å². The zero-order valence-electron chi connectivity index (χ0n) is 13.3. The van der Waals surface area contributed by atoms with Gasteiger partial charge in [0.25, 0.3) is 11.5 Å². The Labute approximate surface area is 147 Å². The van der Waals surface area contributed by atoms with Crippen molar-refractivity contribution in [3.8, 4) is 23.8 Å². The second-order valence-corrected chi connectivity index (χ2v) is 5.40. The average Bonchev–Trinajstić information content (AvgIpc) is 2.57. The topological polar surface area (TPSA) is 84.4 Å². The van der Waals surface area contributed by atoms with Gasteiger partial charge >= 0.3 is 11.9 Å². The summed E-state index contributed by atoms with van der Waals surface area (Å²) in [5.41, 5.74) is -5.16. The fourth-order valence-corrected chi connectivity index (χ4v) is 2.52. The van der Waals surface area contributed by atoms with Crippen LogP contribution in [0.3, 0.4) is 0 Å². The Morgan fingerprint density at radius 3 is 2.48 bits per heavy atom. The first-order valence-corrected chi connectivity index (χ1v) is 7.27. The first-order chi connectivity index (χ1) is 12.6. The van der Waals surface area contributed by atoms with E-state index in [1.807, 2.05) is 0 Å². The molecule has 140 valence electrons. The summed E-state index contributed by atoms with van der Waals surface area (Å²) in [6.07, 6.45) is 0.225. The van der Waals surface area contributed by atoms with E-state index in [9.17, 15) is 31.9 Å². The van der Waals surface area contributed by atoms with Crippen LogP contribution in [-0.4, -0.2) is 28.6 Å². The number of aromatic amines is 1. The number of hydrogen-bond donors (Lipinski definition) is 1. The molecule has 1 N–H and O–H groups in total. The van der Waals surface area contributed by atoms with Crippen molar-refractivity contribution < 1.29 is 27.1 Å². The summed E-state index contributed by atoms with van der Waals surface area (Å²) in [6.45, 7) is -0.590. The standard InChI is InChI=1S/C16H9F4N3O4/c1-2-3-22-10-5-9(8(17)4-11(10)27-7-14(22)25)23-13(24)6-12(16(18,19)20)21-15(23)26/h1,4-6H,3,7H2,(H,21,26). The number of nitrogens with zero attached hydrogens (tertiary/aromatic N) is 2. The number of nitrogens with one attached hydrogen (secondary N) is 1. The third-order valence-electron chi connectivity index (χ3n) is 3.70. The molecule has 27 heavy (non-hydrogen) atoms. The van der Waals surface area contributed by atoms with Gasteiger partial charge in [-0.25, -0.2) is 13.8 Å². The first kappa shape index (κ1) is 18.2. The average molecular weight is 383 g/mol. The molecule has 0 fully saturated rings. The molecule has 2 aromatic rings. The minimum atomic E-state index is -4.96. The molecular formula is C16H9F4N3O4. The fraction of sp³-hybridized carbons (Fsp3) is 0.188. The van der Waals surface area contributed by atoms with E-state index < -0.39 is 47.1 Å². The van der Waals surface area contributed by atoms with Crippen LogP contribution in [0.15, 0.2) is 27.8 Å². The largest absolute Gasteiger partial charge is 0.481 e. The van der Waals surface area contributed by atoms with E-state index in [0.29, 0.717) is 0 Å². The normalized spacial score (nSPS) is 13.7. The fourth-order valence-electron chi connectivity index (χ4n) is 2.52. The van der Waals surface area contributed by atoms with Crippen LogP contribution < -0.4 is 20.9 Å². The molecule has 0 atom stereocenters. The van der Waals surface area contributed by atoms with E-state index in [1.165, 1.54) is 4.98 Å². The van der Waals surface area contributed by atoms with Crippen LogP contribution in [0.5, 0.6) is 5.75 Å². The lowest BCUT2D eigenvalue weighted by Gasteiger charge is -2.28. The summed E-state index contributed by atoms with van der Waals surface area (Å²) in [6, 6.07) is 1.87. The molecule has 0 spiro atoms. The summed E-state index contributed by atoms with van der Waals surface area (Å²) in [7, 11) is 0. The summed E-state index contributed by atoms with van der Waals surface area (Å²) in [4.78, 5) is 38.5. The smallest absolute Gasteiger partial charge is 0.431 e. The van der Waals surface area contributed by atoms with Crippen molar-refractivity contribution in [2.24, 2.45) is 0 Å². The quantitative estimate of drug-likeness (QED) is 0.621. The monoisotopic (exact) mass is 383 g/mol. The van der Waals surface area contributed by atoms with Gasteiger partial charge in [-0.2, -0.15) is 13.2 Å². The molecule has 11 heteroatoms. The number of fused-ring (bicyclic) bond motifs is 1. The lowest BCUT2D eigenvalue weighted by molar-refractivity contribution is -0.141. The molecule has 0 aliphatic carbocycles. The van der Waals surface area contributed by atoms with Crippen LogP contribution in [0.2, 0.25) is 0 Å². The molecule has 0 unspecified atom stereocenters. The Morgan fingerprint density at radius 1 is 1.19 bits per heavy atom. The number of anilines is 1. The van der Waals surface area contributed by atoms with Gasteiger partial charge in [0.05, 0.1) is 17.9 Å². The second kappa shape index (κ2) is 6.31. The Balaban J connectivity index is 2.23. The highest BCUT2D eigenvalue weighted by atomic mass is 19.4. The number of rotatable bonds is 2. The van der Waals surface area contributed by atoms with Crippen molar-refractivity contribution in [3.05, 3.63) is 50.5 Å². The second-order valence-electron chi connectivity index (χ2n) is 5.40. The van der Waals surface area contributed by atoms with Gasteiger partial charge in [-0.15, -0.1) is 6.42 Å². The molecule has 0 radical (unpaired) electrons. The van der Waals surface area contributed by atoms with E-state index in [-0.39, 0.29) is 28.6 Å². The highest BCUT2D eigenvalue weighted by molar-refractivity contribution is 5.98. The molecule has 3 rings (SSSR count). The van der Waals surface area contributed by atoms with Gasteiger partial charge in [-0.05, 0) is 6.07 Å². The lowest BCUT2D eigenvalue weighted by atomic mass is 10.2. The molecule has 0 saturated heterocycles. The van der Waals surface area contributed by atoms with Crippen LogP contribution in [0, 0.1) is 18.2 Å². The van der Waals surface area contributed by atoms with Crippen molar-refractivity contribution in [1.82, 2.24) is 9.55 Å². The third kappa shape index (κ3) is 3.17. The maximum atomic E-state index is 14.4. The molecule has 2 heterocycles. The predicted octanol–water partition coefficient (Wildman–Crippen LogP) is 1.04. The van der Waals surface area contributed by atoms with Crippen LogP contribution in [0.1, 0.15) is 5.69 Å². The van der Waals surface area contributed by atoms with Gasteiger partial charge in [-0.1, -0.05) is 5.92 Å². The van der Waals surface area contributed by atoms with Crippen LogP contribution in [-0.2, 0) is 11.0 Å². The van der Waals surface area contributed by atoms with Crippen molar-refractivity contribution in [2.75, 3.05) is 18.1 Å². The van der Waals surface area contributed by atoms with Gasteiger partial charge in [0, 0.05) is 12.1 Å². The highest BCUT2D eigenvalue weighted by Crippen LogP contribution is 2.35. The number of hydrogen-bond acceptors (Lipinski definition) is 4. The van der Waals surface area contributed by atoms with E-state index in [1.54, 1.807) is 0 Å². The highest BCUT2D eigenvalue weighted by Gasteiger charge is 2.33. The molecule has 1 amide bonds. The summed E-state index contributed by atoms with van der Waals surface area (Å²) in [5.74, 6) is 0.493. The van der Waals surface area contributed by atoms with Gasteiger partial charge in [0.2, 0.25) is 0 Å². The lowest BCUT2D eigenvalue weighted by Crippen LogP contribution is -2.40. The Morgan fingerprint density at radius 2 is 1.89 bits per heavy atom. The van der Waals surface area contributed by atoms with E-state index in [4.69, 9.17) is 11.2 Å². The number of H-pyrrole nitrogens is 1. The van der Waals surface area contributed by atoms with Crippen LogP contribution in [0.4, 0.5) is 23.2 Å². The molecule has 0 bridgehead atoms. The zero-order chi connectivity index (χ0) is 19.9. The molecule has 0 saturated carbocycles. The van der Waals surface area contributed by atoms with E-state index in [0.717, 1.165) is 17.0 Å². The molecule has 1 aliphatic rings. The van der Waals surface area contributed by atoms with Gasteiger partial charge in [-0.3, -0.25) is 14.5 Å². The summed E-state index contributed by atoms with van der Waals surface area (Å²) in [5, 5.41) is 0. The van der Waals surface area contributed by atoms with Crippen LogP contribution >= 0.6 is 0 Å².